The molecule has 0 bridgehead atoms. The number of benzene rings is 1. The van der Waals surface area contributed by atoms with E-state index < -0.39 is 0 Å². The number of anilines is 2. The molecule has 0 spiro atoms. The van der Waals surface area contributed by atoms with Gasteiger partial charge in [0.25, 0.3) is 0 Å². The Labute approximate surface area is 98.8 Å². The van der Waals surface area contributed by atoms with E-state index in [0.717, 1.165) is 11.0 Å². The summed E-state index contributed by atoms with van der Waals surface area (Å²) in [6.07, 6.45) is 0. The predicted molar refractivity (Wildman–Crippen MR) is 68.2 cm³/mol. The summed E-state index contributed by atoms with van der Waals surface area (Å²) in [4.78, 5) is 2.30. The first-order valence-electron chi connectivity index (χ1n) is 5.10. The van der Waals surface area contributed by atoms with Gasteiger partial charge in [0, 0.05) is 17.6 Å². The van der Waals surface area contributed by atoms with Crippen molar-refractivity contribution in [3.8, 4) is 0 Å². The Hall–Kier alpha value is -0.740. The molecule has 15 heavy (non-hydrogen) atoms. The molecule has 2 rings (SSSR count). The van der Waals surface area contributed by atoms with Crippen molar-refractivity contribution in [2.75, 3.05) is 23.3 Å². The number of halogens is 1. The van der Waals surface area contributed by atoms with Crippen LogP contribution in [0, 0.1) is 0 Å². The molecule has 1 aromatic carbocycles. The third-order valence-corrected chi connectivity index (χ3v) is 3.21. The number of nitrogens with zero attached hydrogens (tertiary/aromatic N) is 1. The fraction of sp³-hybridized carbons (Fsp3) is 0.455. The second kappa shape index (κ2) is 3.68. The molecule has 0 saturated heterocycles. The molecule has 1 aromatic rings. The van der Waals surface area contributed by atoms with Crippen molar-refractivity contribution < 1.29 is 0 Å². The largest absolute Gasteiger partial charge is 0.361 e. The molecule has 1 aliphatic rings. The fourth-order valence-corrected chi connectivity index (χ4v) is 2.43. The number of fused-ring (bicyclic) bond motifs is 1. The molecule has 0 aliphatic carbocycles. The van der Waals surface area contributed by atoms with Crippen LogP contribution in [-0.2, 0) is 0 Å². The second-order valence-corrected chi connectivity index (χ2v) is 5.20. The average molecular weight is 270 g/mol. The molecular weight excluding hydrogens is 254 g/mol. The van der Waals surface area contributed by atoms with Gasteiger partial charge in [-0.3, -0.25) is 0 Å². The average Bonchev–Trinajstić information content (AvgIpc) is 2.37. The van der Waals surface area contributed by atoms with Gasteiger partial charge in [0.2, 0.25) is 0 Å². The van der Waals surface area contributed by atoms with Crippen molar-refractivity contribution in [3.63, 3.8) is 0 Å². The predicted octanol–water partition coefficient (Wildman–Crippen LogP) is 2.38. The van der Waals surface area contributed by atoms with E-state index in [-0.39, 0.29) is 5.66 Å². The maximum atomic E-state index is 5.64. The minimum absolute atomic E-state index is 0.0531. The monoisotopic (exact) mass is 269 g/mol. The molecule has 0 radical (unpaired) electrons. The van der Waals surface area contributed by atoms with Crippen molar-refractivity contribution in [1.29, 1.82) is 0 Å². The summed E-state index contributed by atoms with van der Waals surface area (Å²) < 4.78 is 1.10. The molecule has 0 unspecified atom stereocenters. The Kier molecular flexibility index (Phi) is 2.64. The first kappa shape index (κ1) is 10.8. The van der Waals surface area contributed by atoms with Crippen molar-refractivity contribution in [2.45, 2.75) is 19.5 Å². The van der Waals surface area contributed by atoms with E-state index in [1.807, 2.05) is 0 Å². The van der Waals surface area contributed by atoms with Gasteiger partial charge in [0.1, 0.15) is 5.66 Å². The third-order valence-electron chi connectivity index (χ3n) is 2.72. The zero-order valence-corrected chi connectivity index (χ0v) is 10.6. The van der Waals surface area contributed by atoms with Crippen molar-refractivity contribution >= 4 is 27.3 Å². The lowest BCUT2D eigenvalue weighted by Crippen LogP contribution is -2.47. The maximum Gasteiger partial charge on any atom is 0.105 e. The second-order valence-electron chi connectivity index (χ2n) is 4.29. The van der Waals surface area contributed by atoms with Gasteiger partial charge in [-0.1, -0.05) is 15.9 Å². The topological polar surface area (TPSA) is 41.3 Å². The number of rotatable bonds is 2. The first-order valence-corrected chi connectivity index (χ1v) is 5.89. The summed E-state index contributed by atoms with van der Waals surface area (Å²) >= 11 is 3.48. The zero-order valence-electron chi connectivity index (χ0n) is 9.05. The van der Waals surface area contributed by atoms with Gasteiger partial charge >= 0.3 is 0 Å². The first-order chi connectivity index (χ1) is 7.04. The smallest absolute Gasteiger partial charge is 0.105 e. The molecular formula is C11H16BrN3. The molecule has 0 aromatic heterocycles. The highest BCUT2D eigenvalue weighted by Gasteiger charge is 2.34. The normalized spacial score (nSPS) is 17.5. The summed E-state index contributed by atoms with van der Waals surface area (Å²) in [6.45, 7) is 5.86. The minimum atomic E-state index is -0.0531. The van der Waals surface area contributed by atoms with Crippen LogP contribution in [-0.4, -0.2) is 18.8 Å². The maximum absolute atomic E-state index is 5.64. The van der Waals surface area contributed by atoms with Crippen LogP contribution < -0.4 is 16.0 Å². The lowest BCUT2D eigenvalue weighted by Gasteiger charge is -2.33. The van der Waals surface area contributed by atoms with Gasteiger partial charge in [-0.05, 0) is 32.0 Å². The van der Waals surface area contributed by atoms with Crippen molar-refractivity contribution in [2.24, 2.45) is 5.73 Å². The van der Waals surface area contributed by atoms with E-state index in [9.17, 15) is 0 Å². The van der Waals surface area contributed by atoms with Gasteiger partial charge < -0.3 is 16.0 Å². The van der Waals surface area contributed by atoms with Crippen LogP contribution in [0.1, 0.15) is 13.8 Å². The molecule has 0 saturated carbocycles. The van der Waals surface area contributed by atoms with Crippen LogP contribution >= 0.6 is 15.9 Å². The molecule has 3 N–H and O–H groups in total. The molecule has 0 atom stereocenters. The van der Waals surface area contributed by atoms with Crippen LogP contribution in [0.3, 0.4) is 0 Å². The molecule has 4 heteroatoms. The van der Waals surface area contributed by atoms with E-state index >= 15 is 0 Å². The number of hydrogen-bond donors (Lipinski definition) is 2. The Morgan fingerprint density at radius 3 is 2.87 bits per heavy atom. The third kappa shape index (κ3) is 1.84. The van der Waals surface area contributed by atoms with Crippen LogP contribution in [0.15, 0.2) is 22.7 Å². The van der Waals surface area contributed by atoms with E-state index in [4.69, 9.17) is 5.73 Å². The standard InChI is InChI=1S/C11H16BrN3/c1-11(2)14-9-7-8(12)3-4-10(9)15(11)6-5-13/h3-4,7,14H,5-6,13H2,1-2H3. The Balaban J connectivity index is 2.40. The van der Waals surface area contributed by atoms with Gasteiger partial charge in [0.15, 0.2) is 0 Å². The van der Waals surface area contributed by atoms with Crippen molar-refractivity contribution in [3.05, 3.63) is 22.7 Å². The van der Waals surface area contributed by atoms with Crippen LogP contribution in [0.2, 0.25) is 0 Å². The van der Waals surface area contributed by atoms with Crippen LogP contribution in [0.25, 0.3) is 0 Å². The summed E-state index contributed by atoms with van der Waals surface area (Å²) in [7, 11) is 0. The van der Waals surface area contributed by atoms with E-state index in [1.165, 1.54) is 11.4 Å². The highest BCUT2D eigenvalue weighted by molar-refractivity contribution is 9.10. The Bertz CT molecular complexity index is 376. The summed E-state index contributed by atoms with van der Waals surface area (Å²) in [5.41, 5.74) is 7.98. The number of hydrogen-bond acceptors (Lipinski definition) is 3. The van der Waals surface area contributed by atoms with Gasteiger partial charge in [-0.25, -0.2) is 0 Å². The summed E-state index contributed by atoms with van der Waals surface area (Å²) in [6, 6.07) is 6.29. The highest BCUT2D eigenvalue weighted by atomic mass is 79.9. The minimum Gasteiger partial charge on any atom is -0.361 e. The lowest BCUT2D eigenvalue weighted by atomic mass is 10.2. The lowest BCUT2D eigenvalue weighted by molar-refractivity contribution is 0.543. The van der Waals surface area contributed by atoms with E-state index in [0.29, 0.717) is 6.54 Å². The van der Waals surface area contributed by atoms with E-state index in [2.05, 4.69) is 58.2 Å². The fourth-order valence-electron chi connectivity index (χ4n) is 2.07. The Morgan fingerprint density at radius 2 is 2.20 bits per heavy atom. The Morgan fingerprint density at radius 1 is 1.47 bits per heavy atom. The molecule has 1 heterocycles. The van der Waals surface area contributed by atoms with Gasteiger partial charge in [-0.15, -0.1) is 0 Å². The van der Waals surface area contributed by atoms with Crippen LogP contribution in [0.5, 0.6) is 0 Å². The zero-order chi connectivity index (χ0) is 11.1. The SMILES string of the molecule is CC1(C)Nc2cc(Br)ccc2N1CCN. The van der Waals surface area contributed by atoms with E-state index in [1.54, 1.807) is 0 Å². The number of nitrogens with two attached hydrogens (primary N) is 1. The summed E-state index contributed by atoms with van der Waals surface area (Å²) in [5.74, 6) is 0. The molecule has 0 fully saturated rings. The highest BCUT2D eigenvalue weighted by Crippen LogP contribution is 2.40. The van der Waals surface area contributed by atoms with Crippen LogP contribution in [0.4, 0.5) is 11.4 Å². The van der Waals surface area contributed by atoms with Gasteiger partial charge in [0.05, 0.1) is 11.4 Å². The van der Waals surface area contributed by atoms with Gasteiger partial charge in [-0.2, -0.15) is 0 Å². The summed E-state index contributed by atoms with van der Waals surface area (Å²) in [5, 5.41) is 3.49. The molecule has 1 aliphatic heterocycles. The molecule has 3 nitrogen and oxygen atoms in total. The number of nitrogens with one attached hydrogen (secondary N) is 1. The quantitative estimate of drug-likeness (QED) is 0.867. The van der Waals surface area contributed by atoms with Crippen molar-refractivity contribution in [1.82, 2.24) is 0 Å². The molecule has 82 valence electrons. The molecule has 0 amide bonds.